The zero-order valence-electron chi connectivity index (χ0n) is 12.5. The van der Waals surface area contributed by atoms with Crippen LogP contribution < -0.4 is 5.32 Å². The molecule has 1 aliphatic rings. The van der Waals surface area contributed by atoms with Crippen LogP contribution in [0.4, 0.5) is 0 Å². The number of rotatable bonds is 6. The summed E-state index contributed by atoms with van der Waals surface area (Å²) >= 11 is 12.6. The van der Waals surface area contributed by atoms with Crippen LogP contribution in [0.15, 0.2) is 18.2 Å². The zero-order chi connectivity index (χ0) is 14.5. The second kappa shape index (κ2) is 7.68. The first-order chi connectivity index (χ1) is 9.67. The third-order valence-electron chi connectivity index (χ3n) is 4.56. The normalized spacial score (nSPS) is 24.0. The summed E-state index contributed by atoms with van der Waals surface area (Å²) < 4.78 is 0. The first kappa shape index (κ1) is 16.1. The van der Waals surface area contributed by atoms with Gasteiger partial charge in [-0.25, -0.2) is 0 Å². The van der Waals surface area contributed by atoms with Crippen LogP contribution in [-0.4, -0.2) is 6.54 Å². The summed E-state index contributed by atoms with van der Waals surface area (Å²) in [5, 5.41) is 5.09. The van der Waals surface area contributed by atoms with Crippen molar-refractivity contribution >= 4 is 23.2 Å². The van der Waals surface area contributed by atoms with Crippen molar-refractivity contribution in [3.05, 3.63) is 33.8 Å². The third-order valence-corrected chi connectivity index (χ3v) is 5.39. The summed E-state index contributed by atoms with van der Waals surface area (Å²) in [5.74, 6) is 1.56. The molecule has 0 aliphatic heterocycles. The number of hydrogen-bond donors (Lipinski definition) is 1. The van der Waals surface area contributed by atoms with E-state index < -0.39 is 0 Å². The molecule has 0 spiro atoms. The molecule has 0 saturated heterocycles. The van der Waals surface area contributed by atoms with E-state index in [9.17, 15) is 0 Å². The molecule has 112 valence electrons. The molecule has 1 saturated carbocycles. The molecule has 3 atom stereocenters. The highest BCUT2D eigenvalue weighted by Crippen LogP contribution is 2.43. The van der Waals surface area contributed by atoms with Crippen LogP contribution in [0, 0.1) is 11.8 Å². The maximum Gasteiger partial charge on any atom is 0.0640 e. The summed E-state index contributed by atoms with van der Waals surface area (Å²) in [6, 6.07) is 6.35. The van der Waals surface area contributed by atoms with Crippen LogP contribution in [0.2, 0.25) is 10.0 Å². The highest BCUT2D eigenvalue weighted by molar-refractivity contribution is 6.42. The molecule has 1 aromatic carbocycles. The van der Waals surface area contributed by atoms with Gasteiger partial charge in [0.05, 0.1) is 10.0 Å². The Kier molecular flexibility index (Phi) is 6.20. The van der Waals surface area contributed by atoms with Crippen molar-refractivity contribution in [2.24, 2.45) is 11.8 Å². The Hall–Kier alpha value is -0.240. The van der Waals surface area contributed by atoms with Gasteiger partial charge in [-0.3, -0.25) is 0 Å². The van der Waals surface area contributed by atoms with E-state index in [-0.39, 0.29) is 0 Å². The van der Waals surface area contributed by atoms with E-state index in [4.69, 9.17) is 23.2 Å². The lowest BCUT2D eigenvalue weighted by Crippen LogP contribution is -2.28. The largest absolute Gasteiger partial charge is 0.310 e. The van der Waals surface area contributed by atoms with Crippen molar-refractivity contribution in [1.82, 2.24) is 5.32 Å². The van der Waals surface area contributed by atoms with Crippen molar-refractivity contribution in [2.75, 3.05) is 6.54 Å². The molecule has 1 nitrogen and oxygen atoms in total. The van der Waals surface area contributed by atoms with Gasteiger partial charge in [-0.15, -0.1) is 0 Å². The summed E-state index contributed by atoms with van der Waals surface area (Å²) in [4.78, 5) is 0. The van der Waals surface area contributed by atoms with E-state index in [1.54, 1.807) is 0 Å². The Labute approximate surface area is 133 Å². The average molecular weight is 314 g/mol. The Morgan fingerprint density at radius 3 is 2.70 bits per heavy atom. The average Bonchev–Trinajstić information content (AvgIpc) is 2.92. The Balaban J connectivity index is 2.21. The lowest BCUT2D eigenvalue weighted by atomic mass is 9.90. The summed E-state index contributed by atoms with van der Waals surface area (Å²) in [5.41, 5.74) is 1.18. The Morgan fingerprint density at radius 2 is 2.05 bits per heavy atom. The Morgan fingerprint density at radius 1 is 1.25 bits per heavy atom. The lowest BCUT2D eigenvalue weighted by Gasteiger charge is -2.27. The van der Waals surface area contributed by atoms with E-state index in [2.05, 4.69) is 25.2 Å². The van der Waals surface area contributed by atoms with Crippen molar-refractivity contribution in [3.8, 4) is 0 Å². The molecule has 1 fully saturated rings. The quantitative estimate of drug-likeness (QED) is 0.693. The lowest BCUT2D eigenvalue weighted by molar-refractivity contribution is 0.354. The maximum absolute atomic E-state index is 6.44. The molecule has 3 unspecified atom stereocenters. The summed E-state index contributed by atoms with van der Waals surface area (Å²) in [7, 11) is 0. The number of halogens is 2. The predicted octanol–water partition coefficient (Wildman–Crippen LogP) is 5.86. The summed E-state index contributed by atoms with van der Waals surface area (Å²) in [6.07, 6.45) is 6.38. The second-order valence-corrected chi connectivity index (χ2v) is 6.71. The number of nitrogens with one attached hydrogen (secondary N) is 1. The van der Waals surface area contributed by atoms with Crippen LogP contribution in [0.5, 0.6) is 0 Å². The highest BCUT2D eigenvalue weighted by Gasteiger charge is 2.31. The van der Waals surface area contributed by atoms with E-state index in [0.29, 0.717) is 17.0 Å². The van der Waals surface area contributed by atoms with E-state index in [1.807, 2.05) is 12.1 Å². The van der Waals surface area contributed by atoms with Gasteiger partial charge in [0.15, 0.2) is 0 Å². The predicted molar refractivity (Wildman–Crippen MR) is 88.6 cm³/mol. The maximum atomic E-state index is 6.44. The molecule has 0 heterocycles. The first-order valence-electron chi connectivity index (χ1n) is 7.84. The van der Waals surface area contributed by atoms with Gasteiger partial charge in [-0.2, -0.15) is 0 Å². The van der Waals surface area contributed by atoms with Crippen LogP contribution >= 0.6 is 23.2 Å². The molecule has 20 heavy (non-hydrogen) atoms. The Bertz CT molecular complexity index is 433. The standard InChI is InChI=1S/C17H25Cl2N/c1-3-10-20-17(13-9-8-12(4-2)11-13)14-6-5-7-15(18)16(14)19/h5-7,12-13,17,20H,3-4,8-11H2,1-2H3. The van der Waals surface area contributed by atoms with E-state index >= 15 is 0 Å². The zero-order valence-corrected chi connectivity index (χ0v) is 14.0. The van der Waals surface area contributed by atoms with Crippen molar-refractivity contribution in [2.45, 2.75) is 52.0 Å². The highest BCUT2D eigenvalue weighted by atomic mass is 35.5. The topological polar surface area (TPSA) is 12.0 Å². The SMILES string of the molecule is CCCNC(c1cccc(Cl)c1Cl)C1CCC(CC)C1. The molecule has 0 amide bonds. The van der Waals surface area contributed by atoms with Crippen LogP contribution in [-0.2, 0) is 0 Å². The van der Waals surface area contributed by atoms with Crippen molar-refractivity contribution in [3.63, 3.8) is 0 Å². The fourth-order valence-electron chi connectivity index (χ4n) is 3.38. The van der Waals surface area contributed by atoms with Crippen molar-refractivity contribution < 1.29 is 0 Å². The number of benzene rings is 1. The van der Waals surface area contributed by atoms with Crippen molar-refractivity contribution in [1.29, 1.82) is 0 Å². The smallest absolute Gasteiger partial charge is 0.0640 e. The molecule has 0 aromatic heterocycles. The molecule has 1 aromatic rings. The molecule has 1 aliphatic carbocycles. The van der Waals surface area contributed by atoms with Gasteiger partial charge in [0.25, 0.3) is 0 Å². The molecule has 0 radical (unpaired) electrons. The molecule has 1 N–H and O–H groups in total. The minimum absolute atomic E-state index is 0.345. The minimum Gasteiger partial charge on any atom is -0.310 e. The van der Waals surface area contributed by atoms with Gasteiger partial charge >= 0.3 is 0 Å². The van der Waals surface area contributed by atoms with Crippen LogP contribution in [0.1, 0.15) is 57.6 Å². The first-order valence-corrected chi connectivity index (χ1v) is 8.60. The molecule has 2 rings (SSSR count). The summed E-state index contributed by atoms with van der Waals surface area (Å²) in [6.45, 7) is 5.53. The third kappa shape index (κ3) is 3.69. The molecule has 0 bridgehead atoms. The van der Waals surface area contributed by atoms with E-state index in [1.165, 1.54) is 31.2 Å². The fourth-order valence-corrected chi connectivity index (χ4v) is 3.80. The van der Waals surface area contributed by atoms with Gasteiger partial charge in [-0.05, 0) is 49.3 Å². The molecular weight excluding hydrogens is 289 g/mol. The fraction of sp³-hybridized carbons (Fsp3) is 0.647. The van der Waals surface area contributed by atoms with E-state index in [0.717, 1.165) is 23.9 Å². The van der Waals surface area contributed by atoms with Gasteiger partial charge in [0.2, 0.25) is 0 Å². The van der Waals surface area contributed by atoms with Gasteiger partial charge < -0.3 is 5.32 Å². The van der Waals surface area contributed by atoms with Crippen LogP contribution in [0.3, 0.4) is 0 Å². The monoisotopic (exact) mass is 313 g/mol. The van der Waals surface area contributed by atoms with Gasteiger partial charge in [-0.1, -0.05) is 62.0 Å². The second-order valence-electron chi connectivity index (χ2n) is 5.92. The number of hydrogen-bond acceptors (Lipinski definition) is 1. The van der Waals surface area contributed by atoms with Crippen LogP contribution in [0.25, 0.3) is 0 Å². The minimum atomic E-state index is 0.345. The molecule has 3 heteroatoms. The van der Waals surface area contributed by atoms with Gasteiger partial charge in [0, 0.05) is 6.04 Å². The molecular formula is C17H25Cl2N. The van der Waals surface area contributed by atoms with Gasteiger partial charge in [0.1, 0.15) is 0 Å².